The highest BCUT2D eigenvalue weighted by Gasteiger charge is 2.52. The maximum absolute atomic E-state index is 13.5. The van der Waals surface area contributed by atoms with E-state index in [1.54, 1.807) is 0 Å². The minimum absolute atomic E-state index is 0.0400. The second-order valence-corrected chi connectivity index (χ2v) is 21.5. The lowest BCUT2D eigenvalue weighted by Gasteiger charge is -2.51. The molecular weight excluding hydrogens is 573 g/mol. The molecule has 6 nitrogen and oxygen atoms in total. The molecule has 0 N–H and O–H groups in total. The fraction of sp³-hybridized carbons (Fsp3) is 0.829. The second-order valence-electron chi connectivity index (χ2n) is 16.8. The summed E-state index contributed by atoms with van der Waals surface area (Å²) in [5.74, 6) is 0.420. The normalized spacial score (nSPS) is 31.5. The Bertz CT molecular complexity index is 1040. The van der Waals surface area contributed by atoms with Crippen LogP contribution in [-0.2, 0) is 27.9 Å². The average Bonchev–Trinajstić information content (AvgIpc) is 2.82. The SMILES string of the molecule is CC(C)CC(=O)O[C@H]1C[C@H](C(C)(C)C)C=C2C=CC[C@H]([C@](C)(C[C@H]3C[C@H](C(C)(C)C)C(O[SiH](C)C)C(=O)O3)O[SiH](C)C)[C@H]21. The van der Waals surface area contributed by atoms with Crippen LogP contribution in [0.5, 0.6) is 0 Å². The van der Waals surface area contributed by atoms with E-state index in [1.807, 2.05) is 0 Å². The van der Waals surface area contributed by atoms with E-state index in [0.717, 1.165) is 19.3 Å². The summed E-state index contributed by atoms with van der Waals surface area (Å²) in [5, 5.41) is 0. The Morgan fingerprint density at radius 1 is 0.977 bits per heavy atom. The average molecular weight is 635 g/mol. The molecule has 246 valence electrons. The quantitative estimate of drug-likeness (QED) is 0.182. The molecule has 0 bridgehead atoms. The summed E-state index contributed by atoms with van der Waals surface area (Å²) in [6.07, 6.45) is 9.44. The number of cyclic esters (lactones) is 1. The van der Waals surface area contributed by atoms with Crippen molar-refractivity contribution >= 4 is 30.0 Å². The number of ether oxygens (including phenoxy) is 2. The van der Waals surface area contributed by atoms with Gasteiger partial charge in [0.1, 0.15) is 18.3 Å². The zero-order valence-electron chi connectivity index (χ0n) is 29.5. The lowest BCUT2D eigenvalue weighted by atomic mass is 9.61. The molecule has 0 spiro atoms. The number of allylic oxidation sites excluding steroid dienone is 3. The van der Waals surface area contributed by atoms with E-state index < -0.39 is 29.8 Å². The molecule has 8 heteroatoms. The highest BCUT2D eigenvalue weighted by molar-refractivity contribution is 6.48. The van der Waals surface area contributed by atoms with Gasteiger partial charge in [0, 0.05) is 30.6 Å². The maximum Gasteiger partial charge on any atom is 0.334 e. The molecule has 0 amide bonds. The van der Waals surface area contributed by atoms with E-state index in [2.05, 4.69) is 107 Å². The molecule has 1 aliphatic heterocycles. The summed E-state index contributed by atoms with van der Waals surface area (Å²) >= 11 is 0. The molecule has 0 aromatic carbocycles. The molecule has 8 atom stereocenters. The first-order valence-electron chi connectivity index (χ1n) is 16.8. The van der Waals surface area contributed by atoms with Crippen molar-refractivity contribution in [3.05, 3.63) is 23.8 Å². The van der Waals surface area contributed by atoms with Gasteiger partial charge in [-0.2, -0.15) is 0 Å². The van der Waals surface area contributed by atoms with Crippen molar-refractivity contribution < 1.29 is 27.9 Å². The Morgan fingerprint density at radius 3 is 2.16 bits per heavy atom. The predicted octanol–water partition coefficient (Wildman–Crippen LogP) is 7.62. The Balaban J connectivity index is 2.00. The summed E-state index contributed by atoms with van der Waals surface area (Å²) in [5.41, 5.74) is 0.677. The van der Waals surface area contributed by atoms with Crippen molar-refractivity contribution in [1.29, 1.82) is 0 Å². The lowest BCUT2D eigenvalue weighted by Crippen LogP contribution is -2.55. The van der Waals surface area contributed by atoms with Crippen LogP contribution in [0, 0.1) is 40.4 Å². The number of carbonyl (C=O) groups is 2. The largest absolute Gasteiger partial charge is 0.462 e. The van der Waals surface area contributed by atoms with Crippen molar-refractivity contribution in [2.75, 3.05) is 0 Å². The van der Waals surface area contributed by atoms with E-state index in [9.17, 15) is 9.59 Å². The van der Waals surface area contributed by atoms with Crippen molar-refractivity contribution in [3.63, 3.8) is 0 Å². The monoisotopic (exact) mass is 634 g/mol. The van der Waals surface area contributed by atoms with E-state index >= 15 is 0 Å². The van der Waals surface area contributed by atoms with Gasteiger partial charge in [-0.25, -0.2) is 4.79 Å². The Hall–Kier alpha value is -1.23. The predicted molar refractivity (Wildman–Crippen MR) is 180 cm³/mol. The fourth-order valence-electron chi connectivity index (χ4n) is 7.59. The molecule has 1 heterocycles. The van der Waals surface area contributed by atoms with Crippen LogP contribution in [0.15, 0.2) is 23.8 Å². The lowest BCUT2D eigenvalue weighted by molar-refractivity contribution is -0.182. The molecule has 2 aliphatic carbocycles. The van der Waals surface area contributed by atoms with Crippen LogP contribution in [0.3, 0.4) is 0 Å². The molecular formula is C35H62O6Si2. The number of rotatable bonds is 10. The molecule has 0 saturated carbocycles. The number of hydrogen-bond acceptors (Lipinski definition) is 6. The molecule has 1 unspecified atom stereocenters. The van der Waals surface area contributed by atoms with Crippen LogP contribution in [0.4, 0.5) is 0 Å². The van der Waals surface area contributed by atoms with Crippen LogP contribution in [0.1, 0.15) is 94.4 Å². The zero-order valence-corrected chi connectivity index (χ0v) is 31.8. The summed E-state index contributed by atoms with van der Waals surface area (Å²) in [6, 6.07) is 0. The number of carbonyl (C=O) groups excluding carboxylic acids is 2. The third kappa shape index (κ3) is 9.40. The van der Waals surface area contributed by atoms with E-state index in [-0.39, 0.29) is 58.6 Å². The third-order valence-electron chi connectivity index (χ3n) is 9.62. The van der Waals surface area contributed by atoms with E-state index in [0.29, 0.717) is 18.8 Å². The third-order valence-corrected chi connectivity index (χ3v) is 11.5. The second kappa shape index (κ2) is 14.0. The van der Waals surface area contributed by atoms with Crippen molar-refractivity contribution in [2.24, 2.45) is 40.4 Å². The smallest absolute Gasteiger partial charge is 0.334 e. The first-order valence-corrected chi connectivity index (χ1v) is 22.4. The van der Waals surface area contributed by atoms with Gasteiger partial charge >= 0.3 is 11.9 Å². The first-order chi connectivity index (χ1) is 19.7. The number of fused-ring (bicyclic) bond motifs is 1. The minimum Gasteiger partial charge on any atom is -0.462 e. The van der Waals surface area contributed by atoms with Gasteiger partial charge in [0.25, 0.3) is 0 Å². The van der Waals surface area contributed by atoms with E-state index in [1.165, 1.54) is 5.57 Å². The molecule has 0 aromatic rings. The molecule has 3 aliphatic rings. The highest BCUT2D eigenvalue weighted by Crippen LogP contribution is 2.51. The molecule has 1 saturated heterocycles. The molecule has 1 fully saturated rings. The summed E-state index contributed by atoms with van der Waals surface area (Å²) in [4.78, 5) is 26.6. The van der Waals surface area contributed by atoms with Gasteiger partial charge in [-0.3, -0.25) is 4.79 Å². The first kappa shape index (κ1) is 36.2. The minimum atomic E-state index is -1.50. The number of hydrogen-bond donors (Lipinski definition) is 0. The van der Waals surface area contributed by atoms with Crippen molar-refractivity contribution in [1.82, 2.24) is 0 Å². The van der Waals surface area contributed by atoms with Crippen LogP contribution in [-0.4, -0.2) is 53.9 Å². The van der Waals surface area contributed by atoms with Crippen LogP contribution >= 0.6 is 0 Å². The molecule has 0 radical (unpaired) electrons. The Morgan fingerprint density at radius 2 is 1.63 bits per heavy atom. The summed E-state index contributed by atoms with van der Waals surface area (Å²) in [7, 11) is -2.94. The van der Waals surface area contributed by atoms with Crippen molar-refractivity contribution in [2.45, 2.75) is 145 Å². The van der Waals surface area contributed by atoms with Gasteiger partial charge in [-0.15, -0.1) is 0 Å². The van der Waals surface area contributed by atoms with Crippen LogP contribution in [0.25, 0.3) is 0 Å². The van der Waals surface area contributed by atoms with E-state index in [4.69, 9.17) is 18.3 Å². The van der Waals surface area contributed by atoms with Crippen molar-refractivity contribution in [3.8, 4) is 0 Å². The molecule has 3 rings (SSSR count). The summed E-state index contributed by atoms with van der Waals surface area (Å²) in [6.45, 7) is 28.4. The van der Waals surface area contributed by atoms with Gasteiger partial charge in [0.2, 0.25) is 0 Å². The number of esters is 2. The van der Waals surface area contributed by atoms with Gasteiger partial charge < -0.3 is 18.3 Å². The van der Waals surface area contributed by atoms with Gasteiger partial charge in [-0.05, 0) is 80.6 Å². The summed E-state index contributed by atoms with van der Waals surface area (Å²) < 4.78 is 25.9. The highest BCUT2D eigenvalue weighted by atomic mass is 28.3. The standard InChI is InChI=1S/C35H62O6Si2/c1-22(2)17-29(36)39-28-19-24(33(3,4)5)18-23-15-14-16-26(30(23)28)35(9,41-43(12)13)21-25-20-27(34(6,7)8)31(32(37)38-25)40-42(10)11/h14-15,18,22,24-28,30-31,42-43H,16-17,19-21H2,1-13H3/t24-,25-,26+,27+,28+,30+,31?,35+/m1/s1. The van der Waals surface area contributed by atoms with Gasteiger partial charge in [-0.1, -0.05) is 73.6 Å². The Labute approximate surface area is 266 Å². The van der Waals surface area contributed by atoms with Gasteiger partial charge in [0.15, 0.2) is 18.1 Å². The van der Waals surface area contributed by atoms with Crippen LogP contribution in [0.2, 0.25) is 26.2 Å². The molecule has 0 aromatic heterocycles. The topological polar surface area (TPSA) is 71.1 Å². The Kier molecular flexibility index (Phi) is 11.8. The van der Waals surface area contributed by atoms with Crippen LogP contribution < -0.4 is 0 Å². The zero-order chi connectivity index (χ0) is 32.5. The molecule has 43 heavy (non-hydrogen) atoms. The fourth-order valence-corrected chi connectivity index (χ4v) is 9.82. The maximum atomic E-state index is 13.5. The van der Waals surface area contributed by atoms with Gasteiger partial charge in [0.05, 0.1) is 5.60 Å².